The number of rotatable bonds is 17. The molecule has 3 unspecified atom stereocenters. The van der Waals surface area contributed by atoms with Crippen molar-refractivity contribution in [3.63, 3.8) is 0 Å². The van der Waals surface area contributed by atoms with E-state index in [1.807, 2.05) is 34.6 Å². The first kappa shape index (κ1) is 34.9. The zero-order chi connectivity index (χ0) is 30.4. The largest absolute Gasteiger partial charge is 0.508 e. The summed E-state index contributed by atoms with van der Waals surface area (Å²) in [6.07, 6.45) is 1.52. The Labute approximate surface area is 237 Å². The van der Waals surface area contributed by atoms with Crippen LogP contribution in [0.25, 0.3) is 0 Å². The van der Waals surface area contributed by atoms with Crippen LogP contribution in [0.2, 0.25) is 0 Å². The van der Waals surface area contributed by atoms with Gasteiger partial charge in [-0.05, 0) is 55.7 Å². The molecule has 0 saturated carbocycles. The van der Waals surface area contributed by atoms with Crippen LogP contribution in [0.4, 0.5) is 4.79 Å². The summed E-state index contributed by atoms with van der Waals surface area (Å²) in [4.78, 5) is 49.2. The second-order valence-corrected chi connectivity index (χ2v) is 11.0. The van der Waals surface area contributed by atoms with E-state index in [0.29, 0.717) is 30.7 Å². The van der Waals surface area contributed by atoms with Gasteiger partial charge in [0.15, 0.2) is 11.5 Å². The maximum Gasteiger partial charge on any atom is 0.508 e. The number of hydrogen-bond donors (Lipinski definition) is 2. The molecule has 40 heavy (non-hydrogen) atoms. The van der Waals surface area contributed by atoms with Crippen LogP contribution in [-0.4, -0.2) is 47.9 Å². The Kier molecular flexibility index (Phi) is 15.3. The SMILES string of the molecule is CCCCOC(=O)OC(C)C(C)C(c1ccc(OC(=O)CCC(C)C)c(OC(=O)CCC(C)C)c1)[C@H](N)C(=O)O. The van der Waals surface area contributed by atoms with E-state index in [0.717, 1.165) is 6.42 Å². The van der Waals surface area contributed by atoms with Crippen LogP contribution in [-0.2, 0) is 23.9 Å². The molecule has 4 atom stereocenters. The number of esters is 2. The monoisotopic (exact) mass is 565 g/mol. The molecule has 0 aromatic heterocycles. The molecule has 10 nitrogen and oxygen atoms in total. The minimum Gasteiger partial charge on any atom is -0.480 e. The molecule has 226 valence electrons. The highest BCUT2D eigenvalue weighted by molar-refractivity contribution is 5.77. The molecule has 0 heterocycles. The summed E-state index contributed by atoms with van der Waals surface area (Å²) in [5.74, 6) is -3.04. The van der Waals surface area contributed by atoms with E-state index in [1.54, 1.807) is 19.9 Å². The van der Waals surface area contributed by atoms with Gasteiger partial charge in [-0.15, -0.1) is 0 Å². The lowest BCUT2D eigenvalue weighted by molar-refractivity contribution is -0.140. The summed E-state index contributed by atoms with van der Waals surface area (Å²) in [5.41, 5.74) is 6.54. The van der Waals surface area contributed by atoms with Crippen LogP contribution in [0.5, 0.6) is 11.5 Å². The molecule has 10 heteroatoms. The van der Waals surface area contributed by atoms with Gasteiger partial charge in [-0.3, -0.25) is 14.4 Å². The Morgan fingerprint density at radius 3 is 1.93 bits per heavy atom. The van der Waals surface area contributed by atoms with Crippen LogP contribution >= 0.6 is 0 Å². The van der Waals surface area contributed by atoms with E-state index in [9.17, 15) is 24.3 Å². The number of benzene rings is 1. The average Bonchev–Trinajstić information content (AvgIpc) is 2.87. The Hall–Kier alpha value is -3.14. The predicted octanol–water partition coefficient (Wildman–Crippen LogP) is 5.84. The molecule has 0 amide bonds. The third-order valence-corrected chi connectivity index (χ3v) is 6.63. The van der Waals surface area contributed by atoms with Crippen molar-refractivity contribution >= 4 is 24.1 Å². The minimum absolute atomic E-state index is 0.00788. The molecule has 0 aliphatic carbocycles. The molecule has 0 bridgehead atoms. The van der Waals surface area contributed by atoms with Crippen LogP contribution in [0.1, 0.15) is 98.5 Å². The predicted molar refractivity (Wildman–Crippen MR) is 150 cm³/mol. The first-order chi connectivity index (χ1) is 18.8. The topological polar surface area (TPSA) is 151 Å². The molecule has 0 radical (unpaired) electrons. The summed E-state index contributed by atoms with van der Waals surface area (Å²) in [7, 11) is 0. The number of carbonyl (C=O) groups is 4. The van der Waals surface area contributed by atoms with E-state index < -0.39 is 48.0 Å². The number of nitrogens with two attached hydrogens (primary N) is 1. The molecular weight excluding hydrogens is 518 g/mol. The summed E-state index contributed by atoms with van der Waals surface area (Å²) >= 11 is 0. The highest BCUT2D eigenvalue weighted by atomic mass is 16.7. The molecule has 0 aliphatic rings. The van der Waals surface area contributed by atoms with Crippen molar-refractivity contribution in [2.75, 3.05) is 6.61 Å². The number of hydrogen-bond acceptors (Lipinski definition) is 9. The number of unbranched alkanes of at least 4 members (excludes halogenated alkanes) is 1. The average molecular weight is 566 g/mol. The minimum atomic E-state index is -1.37. The number of carboxylic acids is 1. The maximum atomic E-state index is 12.6. The third-order valence-electron chi connectivity index (χ3n) is 6.63. The van der Waals surface area contributed by atoms with Gasteiger partial charge in [0, 0.05) is 24.7 Å². The summed E-state index contributed by atoms with van der Waals surface area (Å²) in [6, 6.07) is 3.13. The first-order valence-corrected chi connectivity index (χ1v) is 14.1. The number of carboxylic acid groups (broad SMARTS) is 1. The fourth-order valence-electron chi connectivity index (χ4n) is 3.93. The molecule has 1 aromatic carbocycles. The quantitative estimate of drug-likeness (QED) is 0.134. The number of ether oxygens (including phenoxy) is 4. The van der Waals surface area contributed by atoms with Crippen LogP contribution in [0.15, 0.2) is 18.2 Å². The van der Waals surface area contributed by atoms with Crippen molar-refractivity contribution in [1.29, 1.82) is 0 Å². The summed E-state index contributed by atoms with van der Waals surface area (Å²) < 4.78 is 21.6. The fraction of sp³-hybridized carbons (Fsp3) is 0.667. The van der Waals surface area contributed by atoms with Gasteiger partial charge in [-0.25, -0.2) is 4.79 Å². The zero-order valence-corrected chi connectivity index (χ0v) is 24.9. The Morgan fingerprint density at radius 2 is 1.43 bits per heavy atom. The van der Waals surface area contributed by atoms with Gasteiger partial charge in [0.2, 0.25) is 0 Å². The van der Waals surface area contributed by atoms with E-state index in [2.05, 4.69) is 0 Å². The second-order valence-electron chi connectivity index (χ2n) is 11.0. The normalized spacial score (nSPS) is 14.2. The van der Waals surface area contributed by atoms with Gasteiger partial charge in [-0.1, -0.05) is 54.0 Å². The summed E-state index contributed by atoms with van der Waals surface area (Å²) in [5, 5.41) is 9.77. The van der Waals surface area contributed by atoms with Crippen molar-refractivity contribution in [3.05, 3.63) is 23.8 Å². The van der Waals surface area contributed by atoms with Crippen LogP contribution in [0.3, 0.4) is 0 Å². The van der Waals surface area contributed by atoms with E-state index >= 15 is 0 Å². The fourth-order valence-corrected chi connectivity index (χ4v) is 3.93. The molecule has 0 fully saturated rings. The Morgan fingerprint density at radius 1 is 0.875 bits per heavy atom. The third kappa shape index (κ3) is 12.4. The van der Waals surface area contributed by atoms with E-state index in [-0.39, 0.29) is 36.9 Å². The van der Waals surface area contributed by atoms with E-state index in [4.69, 9.17) is 24.7 Å². The van der Waals surface area contributed by atoms with Gasteiger partial charge in [0.05, 0.1) is 6.61 Å². The molecule has 3 N–H and O–H groups in total. The van der Waals surface area contributed by atoms with Gasteiger partial charge in [0.25, 0.3) is 0 Å². The lowest BCUT2D eigenvalue weighted by atomic mass is 9.79. The molecule has 0 saturated heterocycles. The molecule has 1 aromatic rings. The molecule has 0 spiro atoms. The Balaban J connectivity index is 3.35. The lowest BCUT2D eigenvalue weighted by Crippen LogP contribution is -2.42. The standard InChI is InChI=1S/C30H47NO9/c1-8-9-16-37-30(36)38-21(7)20(6)27(28(31)29(34)35)22-12-13-23(39-25(32)14-10-18(2)3)24(17-22)40-26(33)15-11-19(4)5/h12-13,17-21,27-28H,8-11,14-16,31H2,1-7H3,(H,34,35)/t20?,21?,27?,28-/m0/s1. The first-order valence-electron chi connectivity index (χ1n) is 14.1. The van der Waals surface area contributed by atoms with Gasteiger partial charge < -0.3 is 29.8 Å². The van der Waals surface area contributed by atoms with Crippen molar-refractivity contribution in [2.24, 2.45) is 23.5 Å². The number of carbonyl (C=O) groups excluding carboxylic acids is 3. The van der Waals surface area contributed by atoms with Crippen molar-refractivity contribution in [2.45, 2.75) is 105 Å². The molecule has 0 aliphatic heterocycles. The highest BCUT2D eigenvalue weighted by Gasteiger charge is 2.36. The van der Waals surface area contributed by atoms with Gasteiger partial charge in [-0.2, -0.15) is 0 Å². The van der Waals surface area contributed by atoms with Crippen molar-refractivity contribution in [3.8, 4) is 11.5 Å². The Bertz CT molecular complexity index is 976. The van der Waals surface area contributed by atoms with Crippen molar-refractivity contribution < 1.29 is 43.2 Å². The van der Waals surface area contributed by atoms with Gasteiger partial charge in [0.1, 0.15) is 12.1 Å². The van der Waals surface area contributed by atoms with Crippen LogP contribution < -0.4 is 15.2 Å². The second kappa shape index (κ2) is 17.5. The van der Waals surface area contributed by atoms with Crippen LogP contribution in [0, 0.1) is 17.8 Å². The van der Waals surface area contributed by atoms with Gasteiger partial charge >= 0.3 is 24.1 Å². The highest BCUT2D eigenvalue weighted by Crippen LogP contribution is 2.37. The smallest absolute Gasteiger partial charge is 0.480 e. The summed E-state index contributed by atoms with van der Waals surface area (Å²) in [6.45, 7) is 13.5. The van der Waals surface area contributed by atoms with E-state index in [1.165, 1.54) is 12.1 Å². The lowest BCUT2D eigenvalue weighted by Gasteiger charge is -2.31. The van der Waals surface area contributed by atoms with Crippen molar-refractivity contribution in [1.82, 2.24) is 0 Å². The molecular formula is C30H47NO9. The zero-order valence-electron chi connectivity index (χ0n) is 24.9. The maximum absolute atomic E-state index is 12.6. The number of aliphatic carboxylic acids is 1. The molecule has 1 rings (SSSR count).